The Hall–Kier alpha value is -13.7. The number of nitrogens with zero attached hydrogens (tertiary/aromatic N) is 16. The smallest absolute Gasteiger partial charge is 0.335 e. The minimum atomic E-state index is -4.41. The van der Waals surface area contributed by atoms with Crippen molar-refractivity contribution < 1.29 is 114 Å². The maximum atomic E-state index is 11.8. The number of azo groups is 4. The molecular formula is C74H72N20O24S4. The van der Waals surface area contributed by atoms with E-state index in [0.29, 0.717) is 24.3 Å². The molecule has 0 saturated carbocycles. The predicted octanol–water partition coefficient (Wildman–Crippen LogP) is 15.8. The fraction of sp³-hybridized carbons (Fsp3) is 0.216. The highest BCUT2D eigenvalue weighted by Gasteiger charge is 2.26. The number of carboxylic acids is 4. The van der Waals surface area contributed by atoms with E-state index in [1.807, 2.05) is 9.80 Å². The maximum absolute atomic E-state index is 11.8. The van der Waals surface area contributed by atoms with Gasteiger partial charge in [0.25, 0.3) is 20.2 Å². The molecule has 44 nitrogen and oxygen atoms in total. The van der Waals surface area contributed by atoms with Crippen LogP contribution in [0, 0.1) is 0 Å². The SMILES string of the molecule is O=C(O)c1cccc(N=Nc2ccc(Nc3nc(Nc4ccc(N=Nc5cccc(C(=O)O)c5)cc4OCCCS(=O)(=O)O)nc(N4CCN(c5nc(Nc6ccc(N=Nc7cccc(C(=O)O)c7)cc6OCCCSOOO)nc(Nc6ccc(N=Nc7cccc(C(=O)O)c7)cc6OCCCS(=O)(=O)O)n5)CC4)n3)c(OCCCSOOO)c2)c1. The molecule has 0 atom stereocenters. The summed E-state index contributed by atoms with van der Waals surface area (Å²) in [5, 5.41) is 111. The summed E-state index contributed by atoms with van der Waals surface area (Å²) in [7, 11) is -8.83. The molecule has 0 unspecified atom stereocenters. The number of hydrogen-bond donors (Lipinski definition) is 12. The number of benzene rings is 8. The van der Waals surface area contributed by atoms with E-state index in [1.165, 1.54) is 109 Å². The van der Waals surface area contributed by atoms with Crippen LogP contribution in [-0.4, -0.2) is 186 Å². The number of nitrogens with one attached hydrogen (secondary N) is 4. The summed E-state index contributed by atoms with van der Waals surface area (Å²) in [4.78, 5) is 80.0. The van der Waals surface area contributed by atoms with Crippen molar-refractivity contribution in [2.45, 2.75) is 25.7 Å². The average Bonchev–Trinajstić information content (AvgIpc) is 0.803. The molecular weight excluding hydrogens is 1680 g/mol. The van der Waals surface area contributed by atoms with Crippen LogP contribution in [0.2, 0.25) is 0 Å². The highest BCUT2D eigenvalue weighted by atomic mass is 32.2. The number of aromatic carboxylic acids is 4. The van der Waals surface area contributed by atoms with Gasteiger partial charge in [-0.25, -0.2) is 29.7 Å². The molecule has 1 aliphatic heterocycles. The largest absolute Gasteiger partial charge is 0.491 e. The third-order valence-electron chi connectivity index (χ3n) is 16.5. The third kappa shape index (κ3) is 28.3. The molecule has 0 bridgehead atoms. The van der Waals surface area contributed by atoms with Crippen LogP contribution < -0.4 is 50.0 Å². The van der Waals surface area contributed by atoms with E-state index in [2.05, 4.69) is 80.9 Å². The van der Waals surface area contributed by atoms with Crippen molar-refractivity contribution in [2.75, 3.05) is 107 Å². The Labute approximate surface area is 700 Å². The first kappa shape index (κ1) is 89.1. The zero-order valence-corrected chi connectivity index (χ0v) is 66.6. The predicted molar refractivity (Wildman–Crippen MR) is 441 cm³/mol. The van der Waals surface area contributed by atoms with Crippen LogP contribution in [0.15, 0.2) is 211 Å². The van der Waals surface area contributed by atoms with Crippen LogP contribution in [0.3, 0.4) is 0 Å². The number of carboxylic acid groups (broad SMARTS) is 4. The van der Waals surface area contributed by atoms with Crippen LogP contribution in [-0.2, 0) is 39.0 Å². The highest BCUT2D eigenvalue weighted by molar-refractivity contribution is 7.94. The van der Waals surface area contributed by atoms with Crippen LogP contribution in [0.1, 0.15) is 67.1 Å². The molecule has 1 aliphatic rings. The molecule has 2 aromatic heterocycles. The molecule has 48 heteroatoms. The quantitative estimate of drug-likeness (QED) is 0.00421. The van der Waals surface area contributed by atoms with Gasteiger partial charge in [0.15, 0.2) is 0 Å². The zero-order valence-electron chi connectivity index (χ0n) is 63.4. The van der Waals surface area contributed by atoms with Crippen LogP contribution in [0.5, 0.6) is 23.0 Å². The van der Waals surface area contributed by atoms with Crippen molar-refractivity contribution in [1.29, 1.82) is 0 Å². The molecule has 636 valence electrons. The molecule has 11 rings (SSSR count). The summed E-state index contributed by atoms with van der Waals surface area (Å²) in [5.41, 5.74) is 2.63. The monoisotopic (exact) mass is 1750 g/mol. The fourth-order valence-corrected chi connectivity index (χ4v) is 12.5. The van der Waals surface area contributed by atoms with Gasteiger partial charge in [-0.05, 0) is 147 Å². The van der Waals surface area contributed by atoms with Crippen molar-refractivity contribution in [3.63, 3.8) is 0 Å². The molecule has 0 radical (unpaired) electrons. The molecule has 3 heterocycles. The normalized spacial score (nSPS) is 12.5. The van der Waals surface area contributed by atoms with Gasteiger partial charge in [0.1, 0.15) is 23.0 Å². The first-order valence-corrected chi connectivity index (χ1v) is 41.2. The highest BCUT2D eigenvalue weighted by Crippen LogP contribution is 2.39. The lowest BCUT2D eigenvalue weighted by Crippen LogP contribution is -2.48. The van der Waals surface area contributed by atoms with Gasteiger partial charge >= 0.3 is 23.9 Å². The van der Waals surface area contributed by atoms with Crippen molar-refractivity contribution >= 4 is 172 Å². The third-order valence-corrected chi connectivity index (χ3v) is 19.3. The summed E-state index contributed by atoms with van der Waals surface area (Å²) in [5.74, 6) is -5.15. The lowest BCUT2D eigenvalue weighted by Gasteiger charge is -2.35. The number of anilines is 10. The van der Waals surface area contributed by atoms with Crippen molar-refractivity contribution in [3.05, 3.63) is 192 Å². The molecule has 12 N–H and O–H groups in total. The van der Waals surface area contributed by atoms with E-state index in [4.69, 9.17) is 59.4 Å². The molecule has 8 aromatic carbocycles. The minimum absolute atomic E-state index is 0.0201. The average molecular weight is 1750 g/mol. The van der Waals surface area contributed by atoms with Crippen molar-refractivity contribution in [2.24, 2.45) is 40.9 Å². The van der Waals surface area contributed by atoms with Gasteiger partial charge in [-0.15, -0.1) is 8.67 Å². The molecule has 1 saturated heterocycles. The zero-order chi connectivity index (χ0) is 86.4. The standard InChI is InChI=1S/C74H72N20O24S4/c95-65(96)45-9-1-13-49(37-45)85-89-53-17-21-57(61(41-53)111-29-5-33-119-117-115-103)75-69-79-71(77-59-23-19-55(43-63(59)113-31-7-35-121(105,106)107)91-87-51-15-3-11-47(39-51)67(99)100)83-73(81-69)93-25-27-94(28-26-93)74-82-70(76-58-22-18-54(42-62(58)112-30-6-34-120-118-116-104)90-86-50-14-2-10-46(38-50)66(97)98)80-72(84-74)78-60-24-20-56(44-64(60)114-32-8-36-122(108,109)110)92-88-52-16-4-12-48(40-52)68(101)102/h1-4,9-24,37-44,103-104H,5-8,25-36H2,(H,95,96)(H,97,98)(H,99,100)(H,101,102)(H,105,106,107)(H,108,109,110)(H2,75,77,79,81,83)(H2,76,78,80,82,84). The Bertz CT molecular complexity index is 5400. The Balaban J connectivity index is 0.964. The Morgan fingerprint density at radius 3 is 0.836 bits per heavy atom. The molecule has 122 heavy (non-hydrogen) atoms. The lowest BCUT2D eigenvalue weighted by molar-refractivity contribution is -0.432. The van der Waals surface area contributed by atoms with Gasteiger partial charge in [-0.3, -0.25) is 9.11 Å². The van der Waals surface area contributed by atoms with Gasteiger partial charge < -0.3 is 70.4 Å². The molecule has 0 spiro atoms. The Morgan fingerprint density at radius 2 is 0.598 bits per heavy atom. The molecule has 0 amide bonds. The number of carbonyl (C=O) groups is 4. The number of ether oxygens (including phenoxy) is 4. The van der Waals surface area contributed by atoms with E-state index in [-0.39, 0.29) is 215 Å². The van der Waals surface area contributed by atoms with Gasteiger partial charge in [-0.2, -0.15) is 87.7 Å². The Kier molecular flexibility index (Phi) is 32.1. The summed E-state index contributed by atoms with van der Waals surface area (Å²) in [6.45, 7) is 0.137. The second-order valence-electron chi connectivity index (χ2n) is 25.3. The van der Waals surface area contributed by atoms with Gasteiger partial charge in [0, 0.05) is 86.0 Å². The van der Waals surface area contributed by atoms with E-state index >= 15 is 0 Å². The second kappa shape index (κ2) is 43.9. The number of aromatic nitrogens is 6. The maximum Gasteiger partial charge on any atom is 0.335 e. The minimum Gasteiger partial charge on any atom is -0.491 e. The number of hydrogen-bond acceptors (Lipinski definition) is 40. The van der Waals surface area contributed by atoms with E-state index < -0.39 is 55.6 Å². The summed E-state index contributed by atoms with van der Waals surface area (Å²) in [6, 6.07) is 41.7. The van der Waals surface area contributed by atoms with Crippen molar-refractivity contribution in [3.8, 4) is 23.0 Å². The van der Waals surface area contributed by atoms with Crippen LogP contribution in [0.4, 0.5) is 104 Å². The van der Waals surface area contributed by atoms with Gasteiger partial charge in [-0.1, -0.05) is 34.3 Å². The number of rotatable bonds is 46. The Morgan fingerprint density at radius 1 is 0.352 bits per heavy atom. The van der Waals surface area contributed by atoms with Crippen molar-refractivity contribution in [1.82, 2.24) is 29.9 Å². The summed E-state index contributed by atoms with van der Waals surface area (Å²) in [6.07, 6.45) is 0.377. The van der Waals surface area contributed by atoms with E-state index in [0.717, 1.165) is 24.1 Å². The second-order valence-corrected chi connectivity index (χ2v) is 30.0. The molecule has 10 aromatic rings. The fourth-order valence-electron chi connectivity index (χ4n) is 10.8. The number of piperazine rings is 1. The van der Waals surface area contributed by atoms with Crippen LogP contribution >= 0.6 is 24.1 Å². The van der Waals surface area contributed by atoms with E-state index in [9.17, 15) is 65.5 Å². The first-order chi connectivity index (χ1) is 58.8. The summed E-state index contributed by atoms with van der Waals surface area (Å²) >= 11 is 1.61. The topological polar surface area (TPSA) is 603 Å². The molecule has 1 fully saturated rings. The van der Waals surface area contributed by atoms with Crippen LogP contribution in [0.25, 0.3) is 0 Å². The lowest BCUT2D eigenvalue weighted by atomic mass is 10.2. The summed E-state index contributed by atoms with van der Waals surface area (Å²) < 4.78 is 101. The molecule has 0 aliphatic carbocycles. The van der Waals surface area contributed by atoms with Gasteiger partial charge in [0.2, 0.25) is 35.7 Å². The van der Waals surface area contributed by atoms with Gasteiger partial charge in [0.05, 0.1) is 128 Å². The first-order valence-electron chi connectivity index (χ1n) is 36.1. The van der Waals surface area contributed by atoms with E-state index in [1.54, 1.807) is 60.7 Å².